The highest BCUT2D eigenvalue weighted by Crippen LogP contribution is 2.15. The Kier molecular flexibility index (Phi) is 8.53. The number of rotatable bonds is 6. The summed E-state index contributed by atoms with van der Waals surface area (Å²) in [6.45, 7) is 5.65. The second-order valence-corrected chi connectivity index (χ2v) is 8.31. The molecule has 0 unspecified atom stereocenters. The van der Waals surface area contributed by atoms with E-state index < -0.39 is 11.8 Å². The van der Waals surface area contributed by atoms with E-state index >= 15 is 0 Å². The zero-order valence-electron chi connectivity index (χ0n) is 19.5. The van der Waals surface area contributed by atoms with Crippen LogP contribution in [0.3, 0.4) is 0 Å². The first-order chi connectivity index (χ1) is 16.7. The van der Waals surface area contributed by atoms with Crippen molar-refractivity contribution >= 4 is 40.7 Å². The highest BCUT2D eigenvalue weighted by Gasteiger charge is 2.12. The number of hydrazine groups is 1. The minimum atomic E-state index is -0.467. The summed E-state index contributed by atoms with van der Waals surface area (Å²) in [6.07, 6.45) is -0.0235. The van der Waals surface area contributed by atoms with Crippen LogP contribution in [0.15, 0.2) is 72.8 Å². The minimum Gasteiger partial charge on any atom is -0.491 e. The van der Waals surface area contributed by atoms with E-state index in [1.807, 2.05) is 32.9 Å². The van der Waals surface area contributed by atoms with Gasteiger partial charge < -0.3 is 10.1 Å². The molecule has 180 valence electrons. The molecule has 0 aliphatic heterocycles. The van der Waals surface area contributed by atoms with Crippen LogP contribution in [0.25, 0.3) is 0 Å². The zero-order chi connectivity index (χ0) is 25.4. The van der Waals surface area contributed by atoms with Crippen molar-refractivity contribution in [2.24, 2.45) is 0 Å². The van der Waals surface area contributed by atoms with Crippen molar-refractivity contribution in [2.45, 2.75) is 26.9 Å². The van der Waals surface area contributed by atoms with Gasteiger partial charge in [0, 0.05) is 22.4 Å². The summed E-state index contributed by atoms with van der Waals surface area (Å²) in [7, 11) is 0. The normalized spacial score (nSPS) is 10.3. The summed E-state index contributed by atoms with van der Waals surface area (Å²) in [4.78, 5) is 37.2. The standard InChI is InChI=1S/C26H26N4O4S/c1-16(2)34-21-9-6-8-19(15-21)23(31)28-26(35)30-29-24(32)18-11-13-20(14-12-18)27-25(33)22-10-5-4-7-17(22)3/h4-16H,1-3H3,(H,27,33)(H,29,32)(H2,28,30,31,35). The van der Waals surface area contributed by atoms with Crippen LogP contribution in [0.5, 0.6) is 5.75 Å². The molecular weight excluding hydrogens is 464 g/mol. The van der Waals surface area contributed by atoms with Crippen LogP contribution in [0.1, 0.15) is 50.5 Å². The van der Waals surface area contributed by atoms with E-state index in [9.17, 15) is 14.4 Å². The van der Waals surface area contributed by atoms with Gasteiger partial charge in [-0.25, -0.2) is 0 Å². The highest BCUT2D eigenvalue weighted by molar-refractivity contribution is 7.80. The molecule has 3 aromatic carbocycles. The van der Waals surface area contributed by atoms with E-state index in [1.165, 1.54) is 0 Å². The second kappa shape index (κ2) is 11.8. The van der Waals surface area contributed by atoms with Crippen molar-refractivity contribution in [2.75, 3.05) is 5.32 Å². The summed E-state index contributed by atoms with van der Waals surface area (Å²) < 4.78 is 5.59. The SMILES string of the molecule is Cc1ccccc1C(=O)Nc1ccc(C(=O)NNC(=S)NC(=O)c2cccc(OC(C)C)c2)cc1. The third kappa shape index (κ3) is 7.38. The second-order valence-electron chi connectivity index (χ2n) is 7.90. The van der Waals surface area contributed by atoms with Gasteiger partial charge in [0.2, 0.25) is 0 Å². The molecule has 8 nitrogen and oxygen atoms in total. The predicted molar refractivity (Wildman–Crippen MR) is 138 cm³/mol. The third-order valence-electron chi connectivity index (χ3n) is 4.78. The molecule has 9 heteroatoms. The zero-order valence-corrected chi connectivity index (χ0v) is 20.4. The van der Waals surface area contributed by atoms with Crippen molar-refractivity contribution in [1.29, 1.82) is 0 Å². The predicted octanol–water partition coefficient (Wildman–Crippen LogP) is 3.98. The lowest BCUT2D eigenvalue weighted by molar-refractivity contribution is 0.0934. The number of carbonyl (C=O) groups is 3. The largest absolute Gasteiger partial charge is 0.491 e. The van der Waals surface area contributed by atoms with E-state index in [2.05, 4.69) is 21.5 Å². The molecular formula is C26H26N4O4S. The van der Waals surface area contributed by atoms with Crippen LogP contribution < -0.4 is 26.2 Å². The maximum absolute atomic E-state index is 12.4. The van der Waals surface area contributed by atoms with Crippen LogP contribution >= 0.6 is 12.2 Å². The van der Waals surface area contributed by atoms with Crippen LogP contribution in [0.2, 0.25) is 0 Å². The molecule has 0 spiro atoms. The van der Waals surface area contributed by atoms with Gasteiger partial charge in [-0.05, 0) is 87.1 Å². The molecule has 0 fully saturated rings. The Morgan fingerprint density at radius 2 is 1.51 bits per heavy atom. The van der Waals surface area contributed by atoms with Gasteiger partial charge in [0.1, 0.15) is 5.75 Å². The molecule has 0 aliphatic rings. The van der Waals surface area contributed by atoms with Gasteiger partial charge in [0.15, 0.2) is 5.11 Å². The summed E-state index contributed by atoms with van der Waals surface area (Å²) in [5.41, 5.74) is 7.62. The summed E-state index contributed by atoms with van der Waals surface area (Å²) in [5.74, 6) is -0.576. The molecule has 0 saturated heterocycles. The number of aryl methyl sites for hydroxylation is 1. The average Bonchev–Trinajstić information content (AvgIpc) is 2.83. The highest BCUT2D eigenvalue weighted by atomic mass is 32.1. The smallest absolute Gasteiger partial charge is 0.269 e. The molecule has 0 saturated carbocycles. The van der Waals surface area contributed by atoms with E-state index in [1.54, 1.807) is 60.7 Å². The fourth-order valence-corrected chi connectivity index (χ4v) is 3.25. The van der Waals surface area contributed by atoms with Crippen molar-refractivity contribution in [3.05, 3.63) is 95.1 Å². The van der Waals surface area contributed by atoms with Crippen LogP contribution in [-0.2, 0) is 0 Å². The number of benzene rings is 3. The fraction of sp³-hybridized carbons (Fsp3) is 0.154. The average molecular weight is 491 g/mol. The number of carbonyl (C=O) groups excluding carboxylic acids is 3. The topological polar surface area (TPSA) is 109 Å². The van der Waals surface area contributed by atoms with E-state index in [4.69, 9.17) is 17.0 Å². The van der Waals surface area contributed by atoms with Crippen molar-refractivity contribution in [3.63, 3.8) is 0 Å². The lowest BCUT2D eigenvalue weighted by atomic mass is 10.1. The Labute approximate surface area is 209 Å². The molecule has 0 atom stereocenters. The Morgan fingerprint density at radius 1 is 0.800 bits per heavy atom. The Morgan fingerprint density at radius 3 is 2.20 bits per heavy atom. The summed E-state index contributed by atoms with van der Waals surface area (Å²) >= 11 is 5.09. The number of hydrogen-bond donors (Lipinski definition) is 4. The number of thiocarbonyl (C=S) groups is 1. The third-order valence-corrected chi connectivity index (χ3v) is 4.98. The molecule has 0 bridgehead atoms. The van der Waals surface area contributed by atoms with Gasteiger partial charge in [0.25, 0.3) is 17.7 Å². The summed E-state index contributed by atoms with van der Waals surface area (Å²) in [6, 6.07) is 20.3. The number of nitrogens with one attached hydrogen (secondary N) is 4. The molecule has 3 aromatic rings. The van der Waals surface area contributed by atoms with Gasteiger partial charge in [-0.1, -0.05) is 24.3 Å². The van der Waals surface area contributed by atoms with Gasteiger partial charge in [0.05, 0.1) is 6.10 Å². The Balaban J connectivity index is 1.50. The number of ether oxygens (including phenoxy) is 1. The van der Waals surface area contributed by atoms with Gasteiger partial charge in [-0.2, -0.15) is 0 Å². The lowest BCUT2D eigenvalue weighted by Crippen LogP contribution is -2.48. The van der Waals surface area contributed by atoms with Crippen molar-refractivity contribution in [3.8, 4) is 5.75 Å². The molecule has 0 aliphatic carbocycles. The molecule has 0 radical (unpaired) electrons. The van der Waals surface area contributed by atoms with Gasteiger partial charge in [-0.15, -0.1) is 0 Å². The first kappa shape index (κ1) is 25.4. The first-order valence-corrected chi connectivity index (χ1v) is 11.3. The molecule has 0 heterocycles. The maximum Gasteiger partial charge on any atom is 0.269 e. The minimum absolute atomic E-state index is 0.0235. The quantitative estimate of drug-likeness (QED) is 0.307. The number of amides is 3. The molecule has 0 aromatic heterocycles. The van der Waals surface area contributed by atoms with Crippen LogP contribution in [0, 0.1) is 6.92 Å². The van der Waals surface area contributed by atoms with E-state index in [0.29, 0.717) is 28.1 Å². The number of hydrogen-bond acceptors (Lipinski definition) is 5. The monoisotopic (exact) mass is 490 g/mol. The van der Waals surface area contributed by atoms with Gasteiger partial charge in [-0.3, -0.25) is 30.6 Å². The summed E-state index contributed by atoms with van der Waals surface area (Å²) in [5, 5.41) is 5.23. The fourth-order valence-electron chi connectivity index (χ4n) is 3.11. The first-order valence-electron chi connectivity index (χ1n) is 10.9. The van der Waals surface area contributed by atoms with Crippen molar-refractivity contribution < 1.29 is 19.1 Å². The maximum atomic E-state index is 12.4. The van der Waals surface area contributed by atoms with E-state index in [0.717, 1.165) is 5.56 Å². The molecule has 4 N–H and O–H groups in total. The molecule has 3 amide bonds. The Hall–Kier alpha value is -4.24. The number of anilines is 1. The van der Waals surface area contributed by atoms with Crippen LogP contribution in [-0.4, -0.2) is 28.9 Å². The molecule has 3 rings (SSSR count). The lowest BCUT2D eigenvalue weighted by Gasteiger charge is -2.13. The molecule has 35 heavy (non-hydrogen) atoms. The van der Waals surface area contributed by atoms with Gasteiger partial charge >= 0.3 is 0 Å². The van der Waals surface area contributed by atoms with Crippen molar-refractivity contribution in [1.82, 2.24) is 16.2 Å². The Bertz CT molecular complexity index is 1240. The van der Waals surface area contributed by atoms with E-state index in [-0.39, 0.29) is 17.1 Å². The van der Waals surface area contributed by atoms with Crippen LogP contribution in [0.4, 0.5) is 5.69 Å².